The van der Waals surface area contributed by atoms with Crippen molar-refractivity contribution >= 4 is 39.7 Å². The Labute approximate surface area is 233 Å². The average Bonchev–Trinajstić information content (AvgIpc) is 3.53. The number of anilines is 1. The lowest BCUT2D eigenvalue weighted by Crippen LogP contribution is -2.40. The van der Waals surface area contributed by atoms with Crippen LogP contribution >= 0.6 is 11.6 Å². The van der Waals surface area contributed by atoms with Gasteiger partial charge in [0, 0.05) is 46.8 Å². The lowest BCUT2D eigenvalue weighted by Gasteiger charge is -2.24. The molecule has 1 amide bonds. The molecular formula is C28H28ClN7O2S. The number of amides is 1. The Balaban J connectivity index is 1.39. The van der Waals surface area contributed by atoms with Crippen LogP contribution in [0.15, 0.2) is 79.5 Å². The molecule has 3 aromatic heterocycles. The minimum atomic E-state index is -1.47. The summed E-state index contributed by atoms with van der Waals surface area (Å²) >= 11 is 6.04. The van der Waals surface area contributed by atoms with Crippen LogP contribution in [0.1, 0.15) is 32.4 Å². The molecule has 2 unspecified atom stereocenters. The first-order valence-corrected chi connectivity index (χ1v) is 13.8. The predicted molar refractivity (Wildman–Crippen MR) is 154 cm³/mol. The molecule has 5 aromatic rings. The molecule has 0 saturated heterocycles. The molecule has 0 saturated carbocycles. The van der Waals surface area contributed by atoms with Gasteiger partial charge < -0.3 is 5.32 Å². The summed E-state index contributed by atoms with van der Waals surface area (Å²) in [6.07, 6.45) is 7.21. The molecule has 0 radical (unpaired) electrons. The van der Waals surface area contributed by atoms with Crippen molar-refractivity contribution in [3.8, 4) is 22.4 Å². The first-order chi connectivity index (χ1) is 18.6. The molecule has 11 heteroatoms. The van der Waals surface area contributed by atoms with Gasteiger partial charge in [0.1, 0.15) is 12.4 Å². The number of benzene rings is 2. The van der Waals surface area contributed by atoms with E-state index in [0.717, 1.165) is 27.9 Å². The molecule has 0 aliphatic rings. The second-order valence-electron chi connectivity index (χ2n) is 10.1. The highest BCUT2D eigenvalue weighted by molar-refractivity contribution is 7.84. The molecule has 0 fully saturated rings. The maximum absolute atomic E-state index is 13.4. The SMILES string of the molecule is Cn1cc(-c2cc3c(-c4ccc(NC(=O)C(NS(=O)C(C)(C)C)c5ccc(Cl)cc5)cc4)ncnn3c2)cn1. The lowest BCUT2D eigenvalue weighted by molar-refractivity contribution is -0.117. The van der Waals surface area contributed by atoms with E-state index < -0.39 is 21.8 Å². The fourth-order valence-electron chi connectivity index (χ4n) is 4.02. The minimum Gasteiger partial charge on any atom is -0.324 e. The molecule has 3 heterocycles. The van der Waals surface area contributed by atoms with Crippen molar-refractivity contribution in [2.45, 2.75) is 31.6 Å². The number of carbonyl (C=O) groups excluding carboxylic acids is 1. The van der Waals surface area contributed by atoms with E-state index in [1.807, 2.05) is 76.7 Å². The number of hydrogen-bond acceptors (Lipinski definition) is 5. The van der Waals surface area contributed by atoms with Crippen molar-refractivity contribution in [2.24, 2.45) is 7.05 Å². The summed E-state index contributed by atoms with van der Waals surface area (Å²) in [6, 6.07) is 15.5. The number of rotatable bonds is 7. The van der Waals surface area contributed by atoms with Crippen LogP contribution in [-0.4, -0.2) is 39.2 Å². The number of halogens is 1. The average molecular weight is 562 g/mol. The van der Waals surface area contributed by atoms with Crippen LogP contribution in [0, 0.1) is 0 Å². The Kier molecular flexibility index (Phi) is 7.35. The summed E-state index contributed by atoms with van der Waals surface area (Å²) in [5.41, 5.74) is 5.72. The van der Waals surface area contributed by atoms with Gasteiger partial charge in [-0.2, -0.15) is 10.2 Å². The number of nitrogens with one attached hydrogen (secondary N) is 2. The Morgan fingerprint density at radius 2 is 1.69 bits per heavy atom. The van der Waals surface area contributed by atoms with Gasteiger partial charge in [0.15, 0.2) is 0 Å². The third kappa shape index (κ3) is 5.93. The van der Waals surface area contributed by atoms with Crippen LogP contribution in [0.2, 0.25) is 5.02 Å². The number of aryl methyl sites for hydroxylation is 1. The molecular weight excluding hydrogens is 534 g/mol. The monoisotopic (exact) mass is 561 g/mol. The van der Waals surface area contributed by atoms with E-state index in [2.05, 4.69) is 25.2 Å². The van der Waals surface area contributed by atoms with Gasteiger partial charge in [-0.05, 0) is 56.7 Å². The molecule has 0 bridgehead atoms. The maximum atomic E-state index is 13.4. The van der Waals surface area contributed by atoms with E-state index in [0.29, 0.717) is 16.3 Å². The predicted octanol–water partition coefficient (Wildman–Crippen LogP) is 5.18. The standard InChI is InChI=1S/C28H28ClN7O2S/c1-28(2,3)39(38)34-26(19-5-9-22(29)10-6-19)27(37)33-23-11-7-18(8-12-23)25-24-13-20(16-36(24)32-17-30-25)21-14-31-35(4)15-21/h5-17,26,34H,1-4H3,(H,33,37). The van der Waals surface area contributed by atoms with Crippen LogP contribution in [0.5, 0.6) is 0 Å². The summed E-state index contributed by atoms with van der Waals surface area (Å²) in [5, 5.41) is 12.1. The molecule has 5 rings (SSSR count). The van der Waals surface area contributed by atoms with Gasteiger partial charge in [-0.1, -0.05) is 35.9 Å². The Morgan fingerprint density at radius 1 is 0.974 bits per heavy atom. The summed E-state index contributed by atoms with van der Waals surface area (Å²) < 4.78 is 18.8. The molecule has 2 aromatic carbocycles. The Bertz CT molecular complexity index is 1650. The van der Waals surface area contributed by atoms with E-state index in [1.165, 1.54) is 6.33 Å². The smallest absolute Gasteiger partial charge is 0.247 e. The van der Waals surface area contributed by atoms with Gasteiger partial charge in [-0.25, -0.2) is 18.4 Å². The molecule has 0 aliphatic heterocycles. The zero-order valence-electron chi connectivity index (χ0n) is 21.9. The van der Waals surface area contributed by atoms with E-state index in [9.17, 15) is 9.00 Å². The van der Waals surface area contributed by atoms with Crippen molar-refractivity contribution in [1.82, 2.24) is 29.1 Å². The summed E-state index contributed by atoms with van der Waals surface area (Å²) in [7, 11) is 0.407. The van der Waals surface area contributed by atoms with Crippen molar-refractivity contribution in [3.05, 3.63) is 90.1 Å². The number of nitrogens with zero attached hydrogens (tertiary/aromatic N) is 5. The Morgan fingerprint density at radius 3 is 2.33 bits per heavy atom. The summed E-state index contributed by atoms with van der Waals surface area (Å²) in [6.45, 7) is 5.54. The first kappa shape index (κ1) is 26.7. The van der Waals surface area contributed by atoms with Crippen LogP contribution < -0.4 is 10.0 Å². The van der Waals surface area contributed by atoms with E-state index in [-0.39, 0.29) is 5.91 Å². The molecule has 39 heavy (non-hydrogen) atoms. The van der Waals surface area contributed by atoms with Gasteiger partial charge in [-0.15, -0.1) is 0 Å². The number of fused-ring (bicyclic) bond motifs is 1. The summed E-state index contributed by atoms with van der Waals surface area (Å²) in [5.74, 6) is -0.334. The fraction of sp³-hybridized carbons (Fsp3) is 0.214. The van der Waals surface area contributed by atoms with Gasteiger partial charge >= 0.3 is 0 Å². The van der Waals surface area contributed by atoms with Crippen LogP contribution in [0.4, 0.5) is 5.69 Å². The molecule has 200 valence electrons. The molecule has 0 aliphatic carbocycles. The van der Waals surface area contributed by atoms with Crippen LogP contribution in [0.25, 0.3) is 27.9 Å². The highest BCUT2D eigenvalue weighted by Crippen LogP contribution is 2.29. The molecule has 2 atom stereocenters. The lowest BCUT2D eigenvalue weighted by atomic mass is 10.1. The highest BCUT2D eigenvalue weighted by Gasteiger charge is 2.28. The van der Waals surface area contributed by atoms with Crippen molar-refractivity contribution in [1.29, 1.82) is 0 Å². The number of hydrogen-bond donors (Lipinski definition) is 2. The van der Waals surface area contributed by atoms with Gasteiger partial charge in [0.05, 0.1) is 33.1 Å². The highest BCUT2D eigenvalue weighted by atomic mass is 35.5. The molecule has 9 nitrogen and oxygen atoms in total. The molecule has 2 N–H and O–H groups in total. The second-order valence-corrected chi connectivity index (χ2v) is 12.6. The van der Waals surface area contributed by atoms with Crippen LogP contribution in [-0.2, 0) is 22.8 Å². The van der Waals surface area contributed by atoms with E-state index in [4.69, 9.17) is 11.6 Å². The van der Waals surface area contributed by atoms with Gasteiger partial charge in [0.25, 0.3) is 0 Å². The minimum absolute atomic E-state index is 0.334. The third-order valence-corrected chi connectivity index (χ3v) is 7.93. The van der Waals surface area contributed by atoms with E-state index in [1.54, 1.807) is 33.5 Å². The topological polar surface area (TPSA) is 106 Å². The van der Waals surface area contributed by atoms with Crippen molar-refractivity contribution in [2.75, 3.05) is 5.32 Å². The number of carbonyl (C=O) groups is 1. The maximum Gasteiger partial charge on any atom is 0.247 e. The zero-order valence-corrected chi connectivity index (χ0v) is 23.5. The quantitative estimate of drug-likeness (QED) is 0.285. The van der Waals surface area contributed by atoms with Crippen LogP contribution in [0.3, 0.4) is 0 Å². The van der Waals surface area contributed by atoms with Crippen molar-refractivity contribution < 1.29 is 9.00 Å². The van der Waals surface area contributed by atoms with E-state index >= 15 is 0 Å². The van der Waals surface area contributed by atoms with Crippen molar-refractivity contribution in [3.63, 3.8) is 0 Å². The number of aromatic nitrogens is 5. The first-order valence-electron chi connectivity index (χ1n) is 12.3. The fourth-order valence-corrected chi connectivity index (χ4v) is 4.95. The van der Waals surface area contributed by atoms with Gasteiger partial charge in [0.2, 0.25) is 5.91 Å². The zero-order chi connectivity index (χ0) is 27.7. The van der Waals surface area contributed by atoms with Gasteiger partial charge in [-0.3, -0.25) is 9.48 Å². The summed E-state index contributed by atoms with van der Waals surface area (Å²) in [4.78, 5) is 17.9. The third-order valence-electron chi connectivity index (χ3n) is 6.12. The second kappa shape index (κ2) is 10.7. The molecule has 0 spiro atoms. The normalized spacial score (nSPS) is 13.4. The Hall–Kier alpha value is -3.86. The largest absolute Gasteiger partial charge is 0.324 e.